The molecule has 0 amide bonds. The standard InChI is InChI=1S/C38H43FN8O6S3/c1-25-27-11-7-19-46(35(27)45-44-34(25)43-37-41-29-12-4-5-13-31(29)54-37)38-42-33(36(48)49)32(55-38)14-8-22-53-30-16-15-26(24-28(30)39)10-6-17-40-18-21-47(2,3)20-9-23-56(50,51)52/h4-5,12-13,15-16,24,40H,7-9,11,14,17-23H2,1-3H3,(H2-,41,43,44,48,49,50,51,52). The largest absolute Gasteiger partial charge is 0.748 e. The van der Waals surface area contributed by atoms with Gasteiger partial charge in [-0.05, 0) is 62.9 Å². The van der Waals surface area contributed by atoms with Crippen molar-refractivity contribution in [3.63, 3.8) is 0 Å². The Kier molecular flexibility index (Phi) is 13.1. The molecule has 3 aromatic heterocycles. The third-order valence-corrected chi connectivity index (χ3v) is 12.1. The molecule has 0 bridgehead atoms. The molecular weight excluding hydrogens is 780 g/mol. The van der Waals surface area contributed by atoms with Crippen LogP contribution in [0.15, 0.2) is 42.5 Å². The summed E-state index contributed by atoms with van der Waals surface area (Å²) >= 11 is 2.85. The van der Waals surface area contributed by atoms with Crippen molar-refractivity contribution in [1.82, 2.24) is 25.5 Å². The third kappa shape index (κ3) is 10.7. The lowest BCUT2D eigenvalue weighted by Gasteiger charge is -2.30. The maximum atomic E-state index is 14.9. The van der Waals surface area contributed by atoms with Gasteiger partial charge in [-0.15, -0.1) is 21.5 Å². The zero-order valence-corrected chi connectivity index (χ0v) is 33.8. The highest BCUT2D eigenvalue weighted by atomic mass is 32.2. The zero-order chi connectivity index (χ0) is 39.9. The van der Waals surface area contributed by atoms with Crippen molar-refractivity contribution in [2.45, 2.75) is 39.0 Å². The minimum absolute atomic E-state index is 0.0178. The van der Waals surface area contributed by atoms with Crippen molar-refractivity contribution in [2.24, 2.45) is 0 Å². The second-order valence-electron chi connectivity index (χ2n) is 14.0. The fourth-order valence-electron chi connectivity index (χ4n) is 6.27. The van der Waals surface area contributed by atoms with E-state index in [0.717, 1.165) is 45.9 Å². The lowest BCUT2D eigenvalue weighted by molar-refractivity contribution is -0.889. The highest BCUT2D eigenvalue weighted by Gasteiger charge is 2.28. The number of carbonyl (C=O) groups is 1. The molecular formula is C38H43FN8O6S3. The van der Waals surface area contributed by atoms with Gasteiger partial charge in [0.1, 0.15) is 0 Å². The van der Waals surface area contributed by atoms with E-state index in [-0.39, 0.29) is 23.8 Å². The van der Waals surface area contributed by atoms with Crippen LogP contribution in [0.4, 0.5) is 26.3 Å². The number of fused-ring (bicyclic) bond motifs is 2. The van der Waals surface area contributed by atoms with Crippen molar-refractivity contribution >= 4 is 70.9 Å². The molecule has 0 fully saturated rings. The van der Waals surface area contributed by atoms with Gasteiger partial charge in [0, 0.05) is 46.8 Å². The van der Waals surface area contributed by atoms with Crippen LogP contribution in [0, 0.1) is 24.6 Å². The van der Waals surface area contributed by atoms with Gasteiger partial charge in [-0.25, -0.2) is 27.6 Å². The summed E-state index contributed by atoms with van der Waals surface area (Å²) in [6.07, 6.45) is 2.76. The molecule has 0 radical (unpaired) electrons. The van der Waals surface area contributed by atoms with E-state index >= 15 is 0 Å². The number of hydrogen-bond acceptors (Lipinski definition) is 14. The predicted octanol–water partition coefficient (Wildman–Crippen LogP) is 5.48. The molecule has 14 nitrogen and oxygen atoms in total. The van der Waals surface area contributed by atoms with Gasteiger partial charge in [0.05, 0.1) is 60.7 Å². The van der Waals surface area contributed by atoms with Gasteiger partial charge in [0.15, 0.2) is 39.2 Å². The molecule has 0 aliphatic carbocycles. The van der Waals surface area contributed by atoms with Crippen LogP contribution in [0.5, 0.6) is 5.75 Å². The summed E-state index contributed by atoms with van der Waals surface area (Å²) in [5.74, 6) is 5.24. The summed E-state index contributed by atoms with van der Waals surface area (Å²) in [6.45, 7) is 5.09. The molecule has 0 saturated heterocycles. The Balaban J connectivity index is 1.00. The maximum Gasteiger partial charge on any atom is 0.355 e. The second-order valence-corrected chi connectivity index (χ2v) is 17.6. The summed E-state index contributed by atoms with van der Waals surface area (Å²) < 4.78 is 54.7. The minimum Gasteiger partial charge on any atom is -0.748 e. The molecule has 2 aromatic carbocycles. The first-order chi connectivity index (χ1) is 26.8. The van der Waals surface area contributed by atoms with Crippen LogP contribution in [0.3, 0.4) is 0 Å². The maximum absolute atomic E-state index is 14.9. The minimum atomic E-state index is -4.21. The van der Waals surface area contributed by atoms with Crippen LogP contribution in [-0.4, -0.2) is 108 Å². The van der Waals surface area contributed by atoms with E-state index < -0.39 is 21.9 Å². The lowest BCUT2D eigenvalue weighted by Crippen LogP contribution is -2.45. The molecule has 0 saturated carbocycles. The smallest absolute Gasteiger partial charge is 0.355 e. The monoisotopic (exact) mass is 822 g/mol. The van der Waals surface area contributed by atoms with E-state index in [4.69, 9.17) is 4.74 Å². The number of rotatable bonds is 17. The van der Waals surface area contributed by atoms with Gasteiger partial charge >= 0.3 is 5.97 Å². The van der Waals surface area contributed by atoms with Crippen molar-refractivity contribution in [3.8, 4) is 17.6 Å². The second kappa shape index (κ2) is 18.0. The van der Waals surface area contributed by atoms with Gasteiger partial charge in [-0.3, -0.25) is 0 Å². The van der Waals surface area contributed by atoms with Crippen molar-refractivity contribution in [3.05, 3.63) is 75.5 Å². The number of carboxylic acid groups (broad SMARTS) is 1. The molecule has 56 heavy (non-hydrogen) atoms. The average molecular weight is 823 g/mol. The summed E-state index contributed by atoms with van der Waals surface area (Å²) in [5, 5.41) is 26.8. The van der Waals surface area contributed by atoms with Crippen LogP contribution < -0.4 is 20.3 Å². The van der Waals surface area contributed by atoms with E-state index in [1.807, 2.05) is 50.2 Å². The molecule has 6 rings (SSSR count). The summed E-state index contributed by atoms with van der Waals surface area (Å²) in [6, 6.07) is 12.4. The quantitative estimate of drug-likeness (QED) is 0.0465. The van der Waals surface area contributed by atoms with E-state index in [0.29, 0.717) is 77.1 Å². The average Bonchev–Trinajstić information content (AvgIpc) is 3.77. The van der Waals surface area contributed by atoms with Crippen LogP contribution in [0.2, 0.25) is 0 Å². The van der Waals surface area contributed by atoms with Gasteiger partial charge in [-0.2, -0.15) is 0 Å². The van der Waals surface area contributed by atoms with Crippen LogP contribution in [0.25, 0.3) is 10.2 Å². The van der Waals surface area contributed by atoms with Gasteiger partial charge in [0.2, 0.25) is 0 Å². The fourth-order valence-corrected chi connectivity index (χ4v) is 8.74. The number of halogens is 1. The SMILES string of the molecule is Cc1c(Nc2nc3ccccc3s2)nnc2c1CCCN2c1nc(C(=O)O)c(CCCOc2ccc(C#CCNCC[N+](C)(C)CCCS(=O)(=O)[O-])cc2F)s1. The number of para-hydroxylation sites is 1. The number of likely N-dealkylation sites (N-methyl/N-ethyl adjacent to an activating group) is 1. The number of nitrogens with zero attached hydrogens (tertiary/aromatic N) is 6. The number of ether oxygens (including phenoxy) is 1. The molecule has 4 heterocycles. The Hall–Kier alpha value is -4.77. The summed E-state index contributed by atoms with van der Waals surface area (Å²) in [5.41, 5.74) is 3.37. The number of aromatic nitrogens is 4. The number of quaternary nitrogens is 1. The van der Waals surface area contributed by atoms with Crippen molar-refractivity contribution in [2.75, 3.05) is 69.4 Å². The fraction of sp³-hybridized carbons (Fsp3) is 0.395. The molecule has 3 N–H and O–H groups in total. The Morgan fingerprint density at radius 2 is 1.95 bits per heavy atom. The Morgan fingerprint density at radius 1 is 1.12 bits per heavy atom. The molecule has 0 unspecified atom stereocenters. The number of benzene rings is 2. The van der Waals surface area contributed by atoms with Gasteiger partial charge in [0.25, 0.3) is 0 Å². The van der Waals surface area contributed by atoms with E-state index in [1.165, 1.54) is 23.5 Å². The number of aryl methyl sites for hydroxylation is 1. The van der Waals surface area contributed by atoms with Gasteiger partial charge < -0.3 is 34.4 Å². The Labute approximate surface area is 333 Å². The molecule has 0 atom stereocenters. The molecule has 1 aliphatic rings. The Bertz CT molecular complexity index is 2340. The number of hydrogen-bond donors (Lipinski definition) is 3. The zero-order valence-electron chi connectivity index (χ0n) is 31.3. The van der Waals surface area contributed by atoms with Crippen molar-refractivity contribution in [1.29, 1.82) is 0 Å². The van der Waals surface area contributed by atoms with Crippen LogP contribution in [-0.2, 0) is 23.0 Å². The summed E-state index contributed by atoms with van der Waals surface area (Å²) in [7, 11) is -0.278. The molecule has 5 aromatic rings. The van der Waals surface area contributed by atoms with E-state index in [9.17, 15) is 27.3 Å². The number of anilines is 4. The number of thiazole rings is 2. The normalized spacial score (nSPS) is 13.0. The molecule has 1 aliphatic heterocycles. The Morgan fingerprint density at radius 3 is 2.71 bits per heavy atom. The van der Waals surface area contributed by atoms with Gasteiger partial charge in [-0.1, -0.05) is 35.3 Å². The highest BCUT2D eigenvalue weighted by molar-refractivity contribution is 7.85. The first-order valence-electron chi connectivity index (χ1n) is 18.1. The number of aromatic carboxylic acids is 1. The first-order valence-corrected chi connectivity index (χ1v) is 21.3. The van der Waals surface area contributed by atoms with Crippen molar-refractivity contribution < 1.29 is 36.5 Å². The molecule has 0 spiro atoms. The number of nitrogens with one attached hydrogen (secondary N) is 2. The van der Waals surface area contributed by atoms with E-state index in [1.54, 1.807) is 17.4 Å². The summed E-state index contributed by atoms with van der Waals surface area (Å²) in [4.78, 5) is 23.9. The first kappa shape index (κ1) is 40.9. The highest BCUT2D eigenvalue weighted by Crippen LogP contribution is 2.39. The topological polar surface area (TPSA) is 183 Å². The predicted molar refractivity (Wildman–Crippen MR) is 215 cm³/mol. The van der Waals surface area contributed by atoms with E-state index in [2.05, 4.69) is 42.6 Å². The number of carboxylic acids is 1. The molecule has 18 heteroatoms. The van der Waals surface area contributed by atoms with Crippen LogP contribution >= 0.6 is 22.7 Å². The third-order valence-electron chi connectivity index (χ3n) is 9.26. The lowest BCUT2D eigenvalue weighted by atomic mass is 10.0. The van der Waals surface area contributed by atoms with Crippen LogP contribution in [0.1, 0.15) is 51.3 Å². The molecule has 296 valence electrons.